The number of nitrogens with zero attached hydrogens (tertiary/aromatic N) is 6. The van der Waals surface area contributed by atoms with Crippen LogP contribution in [0.25, 0.3) is 28.3 Å². The number of rotatable bonds is 10. The Bertz CT molecular complexity index is 1570. The number of hydrogen-bond acceptors (Lipinski definition) is 5. The fourth-order valence-electron chi connectivity index (χ4n) is 4.77. The Morgan fingerprint density at radius 1 is 0.974 bits per heavy atom. The van der Waals surface area contributed by atoms with Gasteiger partial charge in [-0.15, -0.1) is 10.2 Å². The molecule has 0 aliphatic heterocycles. The summed E-state index contributed by atoms with van der Waals surface area (Å²) in [5.41, 5.74) is 5.32. The van der Waals surface area contributed by atoms with E-state index in [1.165, 1.54) is 10.6 Å². The summed E-state index contributed by atoms with van der Waals surface area (Å²) in [6.45, 7) is 4.57. The van der Waals surface area contributed by atoms with Crippen molar-refractivity contribution in [3.63, 3.8) is 0 Å². The lowest BCUT2D eigenvalue weighted by molar-refractivity contribution is 0.609. The molecule has 0 saturated heterocycles. The zero-order valence-corrected chi connectivity index (χ0v) is 21.6. The summed E-state index contributed by atoms with van der Waals surface area (Å²) in [5, 5.41) is 14.2. The highest BCUT2D eigenvalue weighted by atomic mass is 19.1. The molecular weight excluding hydrogens is 481 g/mol. The van der Waals surface area contributed by atoms with E-state index in [4.69, 9.17) is 0 Å². The molecule has 0 bridgehead atoms. The molecule has 0 radical (unpaired) electrons. The normalized spacial score (nSPS) is 11.2. The van der Waals surface area contributed by atoms with E-state index in [0.717, 1.165) is 53.6 Å². The van der Waals surface area contributed by atoms with Crippen LogP contribution in [-0.2, 0) is 19.4 Å². The predicted octanol–water partition coefficient (Wildman–Crippen LogP) is 5.36. The van der Waals surface area contributed by atoms with Crippen LogP contribution in [0.3, 0.4) is 0 Å². The first-order chi connectivity index (χ1) is 18.6. The van der Waals surface area contributed by atoms with Crippen LogP contribution >= 0.6 is 0 Å². The zero-order valence-electron chi connectivity index (χ0n) is 21.6. The second-order valence-electron chi connectivity index (χ2n) is 9.29. The number of hydrogen-bond donors (Lipinski definition) is 1. The number of unbranched alkanes of at least 4 members (excludes halogenated alkanes) is 1. The number of pyridine rings is 1. The first-order valence-corrected chi connectivity index (χ1v) is 13.0. The van der Waals surface area contributed by atoms with Gasteiger partial charge in [0.1, 0.15) is 11.5 Å². The quantitative estimate of drug-likeness (QED) is 0.272. The van der Waals surface area contributed by atoms with Gasteiger partial charge >= 0.3 is 5.69 Å². The van der Waals surface area contributed by atoms with Crippen LogP contribution in [0.1, 0.15) is 49.9 Å². The topological polar surface area (TPSA) is 94.3 Å². The first kappa shape index (κ1) is 25.3. The van der Waals surface area contributed by atoms with Gasteiger partial charge in [0.25, 0.3) is 0 Å². The molecule has 0 atom stereocenters. The number of tetrazole rings is 1. The standard InChI is InChI=1S/C29H30FN7O/c1-3-5-10-23-19-37(27-22(8-4-2)9-6-12-25(27)30)29(38)36(23)18-20-13-15-21(16-14-20)24-11-7-17-31-26(24)28-32-34-35-33-28/h6-7,9,11-17,19H,3-5,8,10,18H2,1-2H3,(H,32,33,34,35). The van der Waals surface area contributed by atoms with Gasteiger partial charge in [0.2, 0.25) is 5.82 Å². The van der Waals surface area contributed by atoms with Crippen molar-refractivity contribution < 1.29 is 4.39 Å². The third-order valence-electron chi connectivity index (χ3n) is 6.65. The summed E-state index contributed by atoms with van der Waals surface area (Å²) in [6.07, 6.45) is 7.78. The zero-order chi connectivity index (χ0) is 26.5. The molecule has 3 heterocycles. The first-order valence-electron chi connectivity index (χ1n) is 13.0. The minimum Gasteiger partial charge on any atom is -0.292 e. The molecule has 9 heteroatoms. The van der Waals surface area contributed by atoms with Crippen molar-refractivity contribution in [1.82, 2.24) is 34.7 Å². The molecule has 0 amide bonds. The number of halogens is 1. The summed E-state index contributed by atoms with van der Waals surface area (Å²) in [6, 6.07) is 16.9. The van der Waals surface area contributed by atoms with E-state index in [2.05, 4.69) is 39.5 Å². The maximum absolute atomic E-state index is 15.0. The van der Waals surface area contributed by atoms with Crippen molar-refractivity contribution in [3.05, 3.63) is 100 Å². The number of nitrogens with one attached hydrogen (secondary N) is 1. The van der Waals surface area contributed by atoms with Gasteiger partial charge < -0.3 is 0 Å². The molecule has 3 aromatic heterocycles. The van der Waals surface area contributed by atoms with Gasteiger partial charge in [-0.25, -0.2) is 9.18 Å². The molecule has 2 aromatic carbocycles. The molecule has 8 nitrogen and oxygen atoms in total. The lowest BCUT2D eigenvalue weighted by atomic mass is 10.0. The van der Waals surface area contributed by atoms with E-state index >= 15 is 4.39 Å². The van der Waals surface area contributed by atoms with Crippen molar-refractivity contribution in [2.24, 2.45) is 0 Å². The van der Waals surface area contributed by atoms with Gasteiger partial charge in [0.05, 0.1) is 12.2 Å². The van der Waals surface area contributed by atoms with Crippen LogP contribution < -0.4 is 5.69 Å². The number of aromatic amines is 1. The molecule has 5 aromatic rings. The van der Waals surface area contributed by atoms with Gasteiger partial charge in [-0.2, -0.15) is 5.21 Å². The summed E-state index contributed by atoms with van der Waals surface area (Å²) in [5.74, 6) is 0.0455. The highest BCUT2D eigenvalue weighted by molar-refractivity contribution is 5.77. The maximum atomic E-state index is 15.0. The summed E-state index contributed by atoms with van der Waals surface area (Å²) in [4.78, 5) is 18.1. The molecule has 38 heavy (non-hydrogen) atoms. The SMILES string of the molecule is CCCCc1cn(-c2c(F)cccc2CCC)c(=O)n1Cc1ccc(-c2cccnc2-c2nn[nH]n2)cc1. The third kappa shape index (κ3) is 5.04. The minimum atomic E-state index is -0.379. The molecule has 5 rings (SSSR count). The lowest BCUT2D eigenvalue weighted by Gasteiger charge is -2.10. The number of H-pyrrole nitrogens is 1. The van der Waals surface area contributed by atoms with E-state index in [9.17, 15) is 4.79 Å². The maximum Gasteiger partial charge on any atom is 0.333 e. The molecule has 0 unspecified atom stereocenters. The number of aromatic nitrogens is 7. The molecule has 194 valence electrons. The van der Waals surface area contributed by atoms with Crippen molar-refractivity contribution in [1.29, 1.82) is 0 Å². The van der Waals surface area contributed by atoms with Crippen LogP contribution in [0.4, 0.5) is 4.39 Å². The Hall–Kier alpha value is -4.40. The van der Waals surface area contributed by atoms with Crippen molar-refractivity contribution in [3.8, 4) is 28.3 Å². The van der Waals surface area contributed by atoms with E-state index in [1.54, 1.807) is 16.8 Å². The fraction of sp³-hybridized carbons (Fsp3) is 0.276. The molecule has 0 aliphatic carbocycles. The van der Waals surface area contributed by atoms with Gasteiger partial charge in [-0.1, -0.05) is 69.2 Å². The smallest absolute Gasteiger partial charge is 0.292 e. The Morgan fingerprint density at radius 3 is 2.55 bits per heavy atom. The summed E-state index contributed by atoms with van der Waals surface area (Å²) < 4.78 is 18.3. The van der Waals surface area contributed by atoms with Gasteiger partial charge in [0, 0.05) is 23.7 Å². The molecular formula is C29H30FN7O. The second-order valence-corrected chi connectivity index (χ2v) is 9.29. The molecule has 1 N–H and O–H groups in total. The van der Waals surface area contributed by atoms with E-state index in [0.29, 0.717) is 30.2 Å². The van der Waals surface area contributed by atoms with Crippen LogP contribution in [-0.4, -0.2) is 34.7 Å². The number of aryl methyl sites for hydroxylation is 2. The Kier molecular flexibility index (Phi) is 7.53. The second kappa shape index (κ2) is 11.3. The average Bonchev–Trinajstić information content (AvgIpc) is 3.58. The fourth-order valence-corrected chi connectivity index (χ4v) is 4.77. The Balaban J connectivity index is 1.50. The Labute approximate surface area is 220 Å². The summed E-state index contributed by atoms with van der Waals surface area (Å²) in [7, 11) is 0. The van der Waals surface area contributed by atoms with E-state index in [-0.39, 0.29) is 11.5 Å². The molecule has 0 saturated carbocycles. The van der Waals surface area contributed by atoms with Crippen molar-refractivity contribution in [2.75, 3.05) is 0 Å². The lowest BCUT2D eigenvalue weighted by Crippen LogP contribution is -2.26. The number of para-hydroxylation sites is 1. The van der Waals surface area contributed by atoms with Crippen molar-refractivity contribution in [2.45, 2.75) is 52.5 Å². The summed E-state index contributed by atoms with van der Waals surface area (Å²) >= 11 is 0. The van der Waals surface area contributed by atoms with Crippen LogP contribution in [0.15, 0.2) is 71.8 Å². The third-order valence-corrected chi connectivity index (χ3v) is 6.65. The highest BCUT2D eigenvalue weighted by Gasteiger charge is 2.18. The molecule has 0 spiro atoms. The monoisotopic (exact) mass is 511 g/mol. The molecule has 0 aliphatic rings. The van der Waals surface area contributed by atoms with Gasteiger partial charge in [-0.05, 0) is 53.3 Å². The van der Waals surface area contributed by atoms with Crippen molar-refractivity contribution >= 4 is 0 Å². The minimum absolute atomic E-state index is 0.228. The highest BCUT2D eigenvalue weighted by Crippen LogP contribution is 2.28. The number of benzene rings is 2. The predicted molar refractivity (Wildman–Crippen MR) is 145 cm³/mol. The average molecular weight is 512 g/mol. The van der Waals surface area contributed by atoms with Crippen LogP contribution in [0, 0.1) is 5.82 Å². The van der Waals surface area contributed by atoms with Crippen LogP contribution in [0.2, 0.25) is 0 Å². The largest absolute Gasteiger partial charge is 0.333 e. The Morgan fingerprint density at radius 2 is 1.82 bits per heavy atom. The molecule has 0 fully saturated rings. The number of imidazole rings is 1. The van der Waals surface area contributed by atoms with Gasteiger partial charge in [0.15, 0.2) is 0 Å². The van der Waals surface area contributed by atoms with E-state index < -0.39 is 0 Å². The van der Waals surface area contributed by atoms with Crippen LogP contribution in [0.5, 0.6) is 0 Å². The van der Waals surface area contributed by atoms with Gasteiger partial charge in [-0.3, -0.25) is 14.1 Å². The van der Waals surface area contributed by atoms with E-state index in [1.807, 2.05) is 48.7 Å².